The maximum absolute atomic E-state index is 9.28. The normalized spacial score (nSPS) is 15.4. The van der Waals surface area contributed by atoms with Gasteiger partial charge in [-0.2, -0.15) is 0 Å². The lowest BCUT2D eigenvalue weighted by Crippen LogP contribution is -2.24. The van der Waals surface area contributed by atoms with Gasteiger partial charge in [-0.3, -0.25) is 0 Å². The molecule has 0 bridgehead atoms. The Bertz CT molecular complexity index is 299. The Balaban J connectivity index is 3.01. The average Bonchev–Trinajstić information content (AvgIpc) is 2.03. The molecule has 0 spiro atoms. The van der Waals surface area contributed by atoms with Crippen LogP contribution in [0, 0.1) is 6.92 Å². The van der Waals surface area contributed by atoms with Crippen LogP contribution in [0.1, 0.15) is 24.1 Å². The minimum atomic E-state index is -0.580. The van der Waals surface area contributed by atoms with Crippen molar-refractivity contribution in [1.82, 2.24) is 4.98 Å². The summed E-state index contributed by atoms with van der Waals surface area (Å²) in [5.41, 5.74) is 13.0. The minimum Gasteiger partial charge on any atom is -0.391 e. The van der Waals surface area contributed by atoms with Crippen LogP contribution in [0.15, 0.2) is 12.3 Å². The maximum atomic E-state index is 9.28. The minimum absolute atomic E-state index is 0.395. The number of rotatable bonds is 2. The average molecular weight is 181 g/mol. The Labute approximate surface area is 77.6 Å². The molecule has 1 heterocycles. The maximum Gasteiger partial charge on any atom is 0.123 e. The first-order valence-corrected chi connectivity index (χ1v) is 4.18. The van der Waals surface area contributed by atoms with E-state index in [0.29, 0.717) is 5.82 Å². The lowest BCUT2D eigenvalue weighted by atomic mass is 10.0. The van der Waals surface area contributed by atoms with Gasteiger partial charge in [-0.15, -0.1) is 0 Å². The van der Waals surface area contributed by atoms with Gasteiger partial charge in [-0.25, -0.2) is 4.98 Å². The Hall–Kier alpha value is -1.13. The number of pyridine rings is 1. The van der Waals surface area contributed by atoms with Gasteiger partial charge in [0, 0.05) is 6.20 Å². The largest absolute Gasteiger partial charge is 0.391 e. The summed E-state index contributed by atoms with van der Waals surface area (Å²) in [6, 6.07) is 1.35. The summed E-state index contributed by atoms with van der Waals surface area (Å²) in [7, 11) is 0. The van der Waals surface area contributed by atoms with Crippen molar-refractivity contribution in [2.75, 3.05) is 5.73 Å². The van der Waals surface area contributed by atoms with Crippen molar-refractivity contribution in [2.24, 2.45) is 5.73 Å². The predicted molar refractivity (Wildman–Crippen MR) is 52.0 cm³/mol. The van der Waals surface area contributed by atoms with Crippen molar-refractivity contribution in [1.29, 1.82) is 0 Å². The van der Waals surface area contributed by atoms with E-state index in [4.69, 9.17) is 11.5 Å². The Morgan fingerprint density at radius 1 is 1.54 bits per heavy atom. The number of aryl methyl sites for hydroxylation is 1. The molecule has 0 aliphatic rings. The van der Waals surface area contributed by atoms with Crippen LogP contribution in [-0.4, -0.2) is 16.2 Å². The van der Waals surface area contributed by atoms with Gasteiger partial charge in [-0.05, 0) is 31.0 Å². The topological polar surface area (TPSA) is 85.2 Å². The highest BCUT2D eigenvalue weighted by atomic mass is 16.3. The molecule has 0 saturated carbocycles. The third-order valence-electron chi connectivity index (χ3n) is 2.05. The number of aliphatic hydroxyl groups excluding tert-OH is 1. The second kappa shape index (κ2) is 3.72. The second-order valence-corrected chi connectivity index (χ2v) is 3.23. The zero-order valence-corrected chi connectivity index (χ0v) is 7.86. The number of nitrogens with zero attached hydrogens (tertiary/aromatic N) is 1. The van der Waals surface area contributed by atoms with Crippen LogP contribution in [-0.2, 0) is 0 Å². The zero-order valence-electron chi connectivity index (χ0n) is 7.86. The molecule has 1 rings (SSSR count). The summed E-state index contributed by atoms with van der Waals surface area (Å²) in [5, 5.41) is 9.28. The standard InChI is InChI=1S/C9H15N3O/c1-5-3-8(10)12-4-7(5)9(11)6(2)13/h3-4,6,9,13H,11H2,1-2H3,(H2,10,12). The van der Waals surface area contributed by atoms with Gasteiger partial charge in [0.2, 0.25) is 0 Å². The fourth-order valence-electron chi connectivity index (χ4n) is 1.20. The lowest BCUT2D eigenvalue weighted by Gasteiger charge is -2.16. The van der Waals surface area contributed by atoms with E-state index in [1.165, 1.54) is 0 Å². The molecule has 0 aromatic carbocycles. The van der Waals surface area contributed by atoms with E-state index in [0.717, 1.165) is 11.1 Å². The molecule has 0 saturated heterocycles. The van der Waals surface area contributed by atoms with Crippen LogP contribution in [0.2, 0.25) is 0 Å². The van der Waals surface area contributed by atoms with Crippen LogP contribution < -0.4 is 11.5 Å². The summed E-state index contributed by atoms with van der Waals surface area (Å²) < 4.78 is 0. The van der Waals surface area contributed by atoms with Crippen molar-refractivity contribution in [3.05, 3.63) is 23.4 Å². The predicted octanol–water partition coefficient (Wildman–Crippen LogP) is 0.353. The van der Waals surface area contributed by atoms with E-state index in [1.54, 1.807) is 19.2 Å². The summed E-state index contributed by atoms with van der Waals surface area (Å²) >= 11 is 0. The Kier molecular flexibility index (Phi) is 2.85. The first-order valence-electron chi connectivity index (χ1n) is 4.18. The molecule has 0 aliphatic carbocycles. The molecule has 2 unspecified atom stereocenters. The summed E-state index contributed by atoms with van der Waals surface area (Å²) in [5.74, 6) is 0.471. The number of nitrogens with two attached hydrogens (primary N) is 2. The lowest BCUT2D eigenvalue weighted by molar-refractivity contribution is 0.164. The van der Waals surface area contributed by atoms with Crippen LogP contribution >= 0.6 is 0 Å². The van der Waals surface area contributed by atoms with Crippen LogP contribution in [0.4, 0.5) is 5.82 Å². The highest BCUT2D eigenvalue weighted by Gasteiger charge is 2.14. The van der Waals surface area contributed by atoms with E-state index in [2.05, 4.69) is 4.98 Å². The molecule has 1 aromatic rings. The van der Waals surface area contributed by atoms with Gasteiger partial charge in [-0.1, -0.05) is 0 Å². The van der Waals surface area contributed by atoms with Gasteiger partial charge in [0.05, 0.1) is 12.1 Å². The molecule has 0 fully saturated rings. The van der Waals surface area contributed by atoms with E-state index in [-0.39, 0.29) is 0 Å². The number of hydrogen-bond acceptors (Lipinski definition) is 4. The highest BCUT2D eigenvalue weighted by Crippen LogP contribution is 2.18. The van der Waals surface area contributed by atoms with E-state index in [1.807, 2.05) is 6.92 Å². The Morgan fingerprint density at radius 3 is 2.62 bits per heavy atom. The Morgan fingerprint density at radius 2 is 2.15 bits per heavy atom. The molecule has 5 N–H and O–H groups in total. The molecule has 4 nitrogen and oxygen atoms in total. The van der Waals surface area contributed by atoms with Gasteiger partial charge in [0.15, 0.2) is 0 Å². The fourth-order valence-corrected chi connectivity index (χ4v) is 1.20. The van der Waals surface area contributed by atoms with Crippen LogP contribution in [0.5, 0.6) is 0 Å². The quantitative estimate of drug-likeness (QED) is 0.614. The highest BCUT2D eigenvalue weighted by molar-refractivity contribution is 5.37. The van der Waals surface area contributed by atoms with Gasteiger partial charge in [0.25, 0.3) is 0 Å². The molecule has 2 atom stereocenters. The summed E-state index contributed by atoms with van der Waals surface area (Å²) in [4.78, 5) is 3.93. The molecule has 0 radical (unpaired) electrons. The number of aromatic nitrogens is 1. The van der Waals surface area contributed by atoms with Crippen LogP contribution in [0.3, 0.4) is 0 Å². The monoisotopic (exact) mass is 181 g/mol. The number of aliphatic hydroxyl groups is 1. The van der Waals surface area contributed by atoms with E-state index >= 15 is 0 Å². The molecule has 0 amide bonds. The summed E-state index contributed by atoms with van der Waals surface area (Å²) in [6.07, 6.45) is 1.03. The molecule has 13 heavy (non-hydrogen) atoms. The SMILES string of the molecule is Cc1cc(N)ncc1C(N)C(C)O. The van der Waals surface area contributed by atoms with E-state index < -0.39 is 12.1 Å². The van der Waals surface area contributed by atoms with Gasteiger partial charge < -0.3 is 16.6 Å². The van der Waals surface area contributed by atoms with Crippen molar-refractivity contribution in [3.63, 3.8) is 0 Å². The number of nitrogen functional groups attached to an aromatic ring is 1. The third-order valence-corrected chi connectivity index (χ3v) is 2.05. The first kappa shape index (κ1) is 9.95. The smallest absolute Gasteiger partial charge is 0.123 e. The van der Waals surface area contributed by atoms with Crippen molar-refractivity contribution in [2.45, 2.75) is 26.0 Å². The fraction of sp³-hybridized carbons (Fsp3) is 0.444. The molecule has 4 heteroatoms. The van der Waals surface area contributed by atoms with Crippen molar-refractivity contribution >= 4 is 5.82 Å². The molecule has 0 aliphatic heterocycles. The molecular weight excluding hydrogens is 166 g/mol. The number of anilines is 1. The van der Waals surface area contributed by atoms with Crippen molar-refractivity contribution < 1.29 is 5.11 Å². The molecule has 72 valence electrons. The van der Waals surface area contributed by atoms with Gasteiger partial charge >= 0.3 is 0 Å². The zero-order chi connectivity index (χ0) is 10.0. The second-order valence-electron chi connectivity index (χ2n) is 3.23. The van der Waals surface area contributed by atoms with Gasteiger partial charge in [0.1, 0.15) is 5.82 Å². The summed E-state index contributed by atoms with van der Waals surface area (Å²) in [6.45, 7) is 3.55. The third kappa shape index (κ3) is 2.17. The van der Waals surface area contributed by atoms with E-state index in [9.17, 15) is 5.11 Å². The van der Waals surface area contributed by atoms with Crippen LogP contribution in [0.25, 0.3) is 0 Å². The number of hydrogen-bond donors (Lipinski definition) is 3. The molecule has 1 aromatic heterocycles. The molecular formula is C9H15N3O. The first-order chi connectivity index (χ1) is 6.02. The van der Waals surface area contributed by atoms with Crippen molar-refractivity contribution in [3.8, 4) is 0 Å².